The average Bonchev–Trinajstić information content (AvgIpc) is 2.75. The van der Waals surface area contributed by atoms with E-state index < -0.39 is 0 Å². The van der Waals surface area contributed by atoms with Gasteiger partial charge in [0, 0.05) is 4.88 Å². The summed E-state index contributed by atoms with van der Waals surface area (Å²) in [4.78, 5) is 1.50. The first-order chi connectivity index (χ1) is 8.29. The molecule has 0 aliphatic heterocycles. The third-order valence-electron chi connectivity index (χ3n) is 2.91. The van der Waals surface area contributed by atoms with Crippen molar-refractivity contribution < 1.29 is 5.11 Å². The zero-order valence-corrected chi connectivity index (χ0v) is 11.0. The second-order valence-corrected chi connectivity index (χ2v) is 5.29. The molecule has 17 heavy (non-hydrogen) atoms. The summed E-state index contributed by atoms with van der Waals surface area (Å²) in [5.41, 5.74) is 2.71. The van der Waals surface area contributed by atoms with Gasteiger partial charge in [0.2, 0.25) is 0 Å². The van der Waals surface area contributed by atoms with Gasteiger partial charge >= 0.3 is 0 Å². The first-order valence-electron chi connectivity index (χ1n) is 6.12. The summed E-state index contributed by atoms with van der Waals surface area (Å²) in [5.74, 6) is 0.363. The number of thiophene rings is 1. The van der Waals surface area contributed by atoms with Gasteiger partial charge in [0.05, 0.1) is 0 Å². The molecule has 90 valence electrons. The van der Waals surface area contributed by atoms with Gasteiger partial charge in [-0.3, -0.25) is 0 Å². The smallest absolute Gasteiger partial charge is 0.115 e. The van der Waals surface area contributed by atoms with Gasteiger partial charge in [-0.1, -0.05) is 25.5 Å². The van der Waals surface area contributed by atoms with Gasteiger partial charge in [-0.25, -0.2) is 0 Å². The van der Waals surface area contributed by atoms with Crippen molar-refractivity contribution in [3.8, 4) is 5.75 Å². The molecule has 2 heteroatoms. The number of hydrogen-bond donors (Lipinski definition) is 1. The van der Waals surface area contributed by atoms with Crippen LogP contribution in [-0.2, 0) is 19.3 Å². The minimum Gasteiger partial charge on any atom is -0.508 e. The van der Waals surface area contributed by atoms with Crippen LogP contribution in [-0.4, -0.2) is 5.11 Å². The lowest BCUT2D eigenvalue weighted by molar-refractivity contribution is 0.474. The van der Waals surface area contributed by atoms with E-state index in [-0.39, 0.29) is 0 Å². The van der Waals surface area contributed by atoms with E-state index in [1.54, 1.807) is 6.07 Å². The molecule has 0 aliphatic rings. The molecule has 1 N–H and O–H groups in total. The Balaban J connectivity index is 1.99. The Bertz CT molecular complexity index is 473. The molecule has 1 nitrogen and oxygen atoms in total. The lowest BCUT2D eigenvalue weighted by Crippen LogP contribution is -1.92. The first-order valence-corrected chi connectivity index (χ1v) is 7.00. The Labute approximate surface area is 107 Å². The van der Waals surface area contributed by atoms with Crippen molar-refractivity contribution in [3.63, 3.8) is 0 Å². The van der Waals surface area contributed by atoms with E-state index in [0.29, 0.717) is 5.75 Å². The molecule has 0 unspecified atom stereocenters. The van der Waals surface area contributed by atoms with Crippen LogP contribution in [0.3, 0.4) is 0 Å². The quantitative estimate of drug-likeness (QED) is 0.838. The fourth-order valence-corrected chi connectivity index (χ4v) is 2.99. The second kappa shape index (κ2) is 5.87. The van der Waals surface area contributed by atoms with E-state index in [0.717, 1.165) is 12.8 Å². The minimum atomic E-state index is 0.363. The Hall–Kier alpha value is -1.28. The molecule has 0 fully saturated rings. The molecule has 0 spiro atoms. The fourth-order valence-electron chi connectivity index (χ4n) is 2.05. The van der Waals surface area contributed by atoms with Gasteiger partial charge in [-0.05, 0) is 54.0 Å². The lowest BCUT2D eigenvalue weighted by atomic mass is 10.1. The van der Waals surface area contributed by atoms with Gasteiger partial charge in [0.15, 0.2) is 0 Å². The Morgan fingerprint density at radius 1 is 1.12 bits per heavy atom. The predicted molar refractivity (Wildman–Crippen MR) is 73.8 cm³/mol. The highest BCUT2D eigenvalue weighted by Gasteiger charge is 2.04. The van der Waals surface area contributed by atoms with Crippen LogP contribution >= 0.6 is 11.3 Å². The van der Waals surface area contributed by atoms with Crippen molar-refractivity contribution in [2.75, 3.05) is 0 Å². The van der Waals surface area contributed by atoms with Crippen molar-refractivity contribution in [1.82, 2.24) is 0 Å². The summed E-state index contributed by atoms with van der Waals surface area (Å²) in [7, 11) is 0. The number of aromatic hydroxyl groups is 1. The molecule has 2 rings (SSSR count). The lowest BCUT2D eigenvalue weighted by Gasteiger charge is -2.03. The van der Waals surface area contributed by atoms with Crippen molar-refractivity contribution in [3.05, 3.63) is 51.7 Å². The van der Waals surface area contributed by atoms with E-state index in [1.807, 2.05) is 23.5 Å². The van der Waals surface area contributed by atoms with Gasteiger partial charge in [-0.2, -0.15) is 0 Å². The van der Waals surface area contributed by atoms with Crippen molar-refractivity contribution in [2.45, 2.75) is 32.6 Å². The Morgan fingerprint density at radius 3 is 2.76 bits per heavy atom. The highest BCUT2D eigenvalue weighted by atomic mass is 32.1. The average molecular weight is 246 g/mol. The van der Waals surface area contributed by atoms with Gasteiger partial charge in [0.25, 0.3) is 0 Å². The van der Waals surface area contributed by atoms with Crippen LogP contribution < -0.4 is 0 Å². The van der Waals surface area contributed by atoms with Crippen LogP contribution in [0.2, 0.25) is 0 Å². The van der Waals surface area contributed by atoms with Crippen LogP contribution in [0.25, 0.3) is 0 Å². The second-order valence-electron chi connectivity index (χ2n) is 4.29. The van der Waals surface area contributed by atoms with Crippen LogP contribution in [0.1, 0.15) is 29.3 Å². The molecule has 0 radical (unpaired) electrons. The molecule has 0 bridgehead atoms. The van der Waals surface area contributed by atoms with Gasteiger partial charge in [-0.15, -0.1) is 11.3 Å². The maximum Gasteiger partial charge on any atom is 0.115 e. The molecule has 1 aromatic carbocycles. The van der Waals surface area contributed by atoms with Gasteiger partial charge < -0.3 is 5.11 Å². The Morgan fingerprint density at radius 2 is 2.00 bits per heavy atom. The summed E-state index contributed by atoms with van der Waals surface area (Å²) in [6.45, 7) is 2.22. The molecule has 2 aromatic rings. The highest BCUT2D eigenvalue weighted by Crippen LogP contribution is 2.21. The van der Waals surface area contributed by atoms with E-state index >= 15 is 0 Å². The van der Waals surface area contributed by atoms with Crippen LogP contribution in [0.5, 0.6) is 5.75 Å². The minimum absolute atomic E-state index is 0.363. The third-order valence-corrected chi connectivity index (χ3v) is 3.93. The zero-order valence-electron chi connectivity index (χ0n) is 10.1. The molecular formula is C15H18OS. The van der Waals surface area contributed by atoms with E-state index in [1.165, 1.54) is 28.8 Å². The van der Waals surface area contributed by atoms with Crippen molar-refractivity contribution in [1.29, 1.82) is 0 Å². The van der Waals surface area contributed by atoms with Crippen molar-refractivity contribution in [2.24, 2.45) is 0 Å². The molecule has 0 saturated heterocycles. The monoisotopic (exact) mass is 246 g/mol. The molecule has 1 aromatic heterocycles. The molecule has 0 amide bonds. The van der Waals surface area contributed by atoms with Crippen LogP contribution in [0, 0.1) is 0 Å². The number of benzene rings is 1. The Kier molecular flexibility index (Phi) is 4.21. The van der Waals surface area contributed by atoms with Gasteiger partial charge in [0.1, 0.15) is 5.75 Å². The molecule has 0 atom stereocenters. The first kappa shape index (κ1) is 12.2. The molecule has 1 heterocycles. The number of phenols is 1. The fraction of sp³-hybridized carbons (Fsp3) is 0.333. The summed E-state index contributed by atoms with van der Waals surface area (Å²) in [5, 5.41) is 11.6. The summed E-state index contributed by atoms with van der Waals surface area (Å²) in [6.07, 6.45) is 4.47. The van der Waals surface area contributed by atoms with E-state index in [9.17, 15) is 5.11 Å². The SMILES string of the molecule is CCCc1ccsc1CCc1cccc(O)c1. The normalized spacial score (nSPS) is 10.6. The maximum absolute atomic E-state index is 9.41. The maximum atomic E-state index is 9.41. The highest BCUT2D eigenvalue weighted by molar-refractivity contribution is 7.10. The molecule has 0 saturated carbocycles. The number of aryl methyl sites for hydroxylation is 3. The number of rotatable bonds is 5. The third kappa shape index (κ3) is 3.34. The topological polar surface area (TPSA) is 20.2 Å². The largest absolute Gasteiger partial charge is 0.508 e. The van der Waals surface area contributed by atoms with Crippen LogP contribution in [0.15, 0.2) is 35.7 Å². The summed E-state index contributed by atoms with van der Waals surface area (Å²) in [6, 6.07) is 9.80. The van der Waals surface area contributed by atoms with E-state index in [4.69, 9.17) is 0 Å². The zero-order chi connectivity index (χ0) is 12.1. The number of hydrogen-bond acceptors (Lipinski definition) is 2. The number of phenolic OH excluding ortho intramolecular Hbond substituents is 1. The van der Waals surface area contributed by atoms with Crippen LogP contribution in [0.4, 0.5) is 0 Å². The molecule has 0 aliphatic carbocycles. The summed E-state index contributed by atoms with van der Waals surface area (Å²) < 4.78 is 0. The van der Waals surface area contributed by atoms with Crippen molar-refractivity contribution >= 4 is 11.3 Å². The predicted octanol–water partition coefficient (Wildman–Crippen LogP) is 4.19. The standard InChI is InChI=1S/C15H18OS/c1-2-4-13-9-10-17-15(13)8-7-12-5-3-6-14(16)11-12/h3,5-6,9-11,16H,2,4,7-8H2,1H3. The summed E-state index contributed by atoms with van der Waals surface area (Å²) >= 11 is 1.85. The van der Waals surface area contributed by atoms with E-state index in [2.05, 4.69) is 24.4 Å². The molecular weight excluding hydrogens is 228 g/mol.